The van der Waals surface area contributed by atoms with E-state index in [1.165, 1.54) is 11.0 Å². The molecular weight excluding hydrogens is 262 g/mol. The van der Waals surface area contributed by atoms with Crippen LogP contribution in [0.2, 0.25) is 0 Å². The largest absolute Gasteiger partial charge is 0.387 e. The molecule has 0 spiro atoms. The highest BCUT2D eigenvalue weighted by Gasteiger charge is 2.18. The van der Waals surface area contributed by atoms with E-state index >= 15 is 0 Å². The summed E-state index contributed by atoms with van der Waals surface area (Å²) in [4.78, 5) is 18.5. The van der Waals surface area contributed by atoms with Crippen LogP contribution in [0.15, 0.2) is 6.33 Å². The number of anilines is 2. The van der Waals surface area contributed by atoms with Gasteiger partial charge in [-0.05, 0) is 12.8 Å². The van der Waals surface area contributed by atoms with Crippen LogP contribution >= 0.6 is 0 Å². The summed E-state index contributed by atoms with van der Waals surface area (Å²) in [7, 11) is 1.75. The third-order valence-corrected chi connectivity index (χ3v) is 2.88. The van der Waals surface area contributed by atoms with Gasteiger partial charge in [-0.2, -0.15) is 19.9 Å². The lowest BCUT2D eigenvalue weighted by molar-refractivity contribution is 0.404. The molecule has 2 aromatic heterocycles. The standard InChI is InChI=1S/C10H15N9O/c1-18-6-12-9(17-18)20-10-14-7(16-11)13-8(15-10)19-4-2-3-5-19/h6H,2-5,11H2,1H3,(H,13,14,15,16). The smallest absolute Gasteiger partial charge is 0.343 e. The summed E-state index contributed by atoms with van der Waals surface area (Å²) in [6.07, 6.45) is 3.77. The van der Waals surface area contributed by atoms with E-state index in [9.17, 15) is 0 Å². The Morgan fingerprint density at radius 1 is 1.20 bits per heavy atom. The van der Waals surface area contributed by atoms with E-state index in [0.717, 1.165) is 25.9 Å². The molecule has 0 unspecified atom stereocenters. The zero-order chi connectivity index (χ0) is 13.9. The molecule has 3 rings (SSSR count). The molecule has 0 bridgehead atoms. The topological polar surface area (TPSA) is 120 Å². The lowest BCUT2D eigenvalue weighted by atomic mass is 10.4. The molecule has 106 valence electrons. The van der Waals surface area contributed by atoms with Crippen molar-refractivity contribution in [2.75, 3.05) is 23.4 Å². The van der Waals surface area contributed by atoms with Crippen molar-refractivity contribution in [1.82, 2.24) is 29.7 Å². The van der Waals surface area contributed by atoms with Gasteiger partial charge in [0, 0.05) is 20.1 Å². The Balaban J connectivity index is 1.87. The highest BCUT2D eigenvalue weighted by molar-refractivity contribution is 5.38. The van der Waals surface area contributed by atoms with Gasteiger partial charge in [0.15, 0.2) is 0 Å². The van der Waals surface area contributed by atoms with Gasteiger partial charge >= 0.3 is 12.0 Å². The van der Waals surface area contributed by atoms with Gasteiger partial charge < -0.3 is 9.64 Å². The number of nitrogens with zero attached hydrogens (tertiary/aromatic N) is 7. The molecule has 10 nitrogen and oxygen atoms in total. The van der Waals surface area contributed by atoms with Gasteiger partial charge in [-0.25, -0.2) is 5.84 Å². The van der Waals surface area contributed by atoms with Crippen molar-refractivity contribution in [3.8, 4) is 12.0 Å². The van der Waals surface area contributed by atoms with E-state index in [1.807, 2.05) is 0 Å². The number of hydrogen-bond donors (Lipinski definition) is 2. The van der Waals surface area contributed by atoms with E-state index < -0.39 is 0 Å². The molecule has 0 atom stereocenters. The Kier molecular flexibility index (Phi) is 3.29. The molecule has 3 N–H and O–H groups in total. The van der Waals surface area contributed by atoms with Crippen molar-refractivity contribution < 1.29 is 4.74 Å². The second-order valence-electron chi connectivity index (χ2n) is 4.38. The first-order valence-corrected chi connectivity index (χ1v) is 6.26. The third kappa shape index (κ3) is 2.59. The van der Waals surface area contributed by atoms with Crippen LogP contribution in [-0.2, 0) is 7.05 Å². The third-order valence-electron chi connectivity index (χ3n) is 2.88. The molecule has 0 aromatic carbocycles. The molecule has 0 radical (unpaired) electrons. The molecule has 1 fully saturated rings. The molecule has 2 aromatic rings. The lowest BCUT2D eigenvalue weighted by Gasteiger charge is -2.15. The average molecular weight is 277 g/mol. The number of nitrogens with two attached hydrogens (primary N) is 1. The second kappa shape index (κ2) is 5.25. The average Bonchev–Trinajstić information content (AvgIpc) is 3.10. The first-order valence-electron chi connectivity index (χ1n) is 6.26. The van der Waals surface area contributed by atoms with E-state index in [1.54, 1.807) is 7.05 Å². The van der Waals surface area contributed by atoms with Crippen molar-refractivity contribution in [1.29, 1.82) is 0 Å². The predicted octanol–water partition coefficient (Wildman–Crippen LogP) is -0.322. The summed E-state index contributed by atoms with van der Waals surface area (Å²) in [5.41, 5.74) is 2.41. The summed E-state index contributed by atoms with van der Waals surface area (Å²) < 4.78 is 6.94. The van der Waals surface area contributed by atoms with Gasteiger partial charge in [0.05, 0.1) is 0 Å². The maximum atomic E-state index is 5.41. The van der Waals surface area contributed by atoms with E-state index in [2.05, 4.69) is 35.4 Å². The van der Waals surface area contributed by atoms with Crippen LogP contribution in [0.25, 0.3) is 0 Å². The Morgan fingerprint density at radius 2 is 2.00 bits per heavy atom. The molecule has 0 aliphatic carbocycles. The van der Waals surface area contributed by atoms with Crippen LogP contribution in [0.4, 0.5) is 11.9 Å². The van der Waals surface area contributed by atoms with Crippen LogP contribution < -0.4 is 20.9 Å². The van der Waals surface area contributed by atoms with Gasteiger partial charge in [-0.3, -0.25) is 10.1 Å². The number of aromatic nitrogens is 6. The highest BCUT2D eigenvalue weighted by atomic mass is 16.5. The number of hydrazine groups is 1. The van der Waals surface area contributed by atoms with Crippen molar-refractivity contribution in [3.05, 3.63) is 6.33 Å². The Morgan fingerprint density at radius 3 is 2.65 bits per heavy atom. The first-order chi connectivity index (χ1) is 9.74. The minimum atomic E-state index is 0.112. The minimum absolute atomic E-state index is 0.112. The first kappa shape index (κ1) is 12.5. The van der Waals surface area contributed by atoms with Crippen molar-refractivity contribution >= 4 is 11.9 Å². The summed E-state index contributed by atoms with van der Waals surface area (Å²) in [5, 5.41) is 4.01. The summed E-state index contributed by atoms with van der Waals surface area (Å²) in [5.74, 6) is 6.15. The Bertz CT molecular complexity index is 592. The summed E-state index contributed by atoms with van der Waals surface area (Å²) in [6, 6.07) is 0.287. The molecule has 1 aliphatic rings. The maximum absolute atomic E-state index is 5.41. The summed E-state index contributed by atoms with van der Waals surface area (Å²) >= 11 is 0. The van der Waals surface area contributed by atoms with Crippen LogP contribution in [-0.4, -0.2) is 42.8 Å². The fraction of sp³-hybridized carbons (Fsp3) is 0.500. The Hall–Kier alpha value is -2.49. The van der Waals surface area contributed by atoms with E-state index in [-0.39, 0.29) is 18.0 Å². The fourth-order valence-electron chi connectivity index (χ4n) is 1.96. The number of ether oxygens (including phenoxy) is 1. The lowest BCUT2D eigenvalue weighted by Crippen LogP contribution is -2.22. The normalized spacial score (nSPS) is 14.6. The van der Waals surface area contributed by atoms with Gasteiger partial charge in [0.2, 0.25) is 11.9 Å². The van der Waals surface area contributed by atoms with Gasteiger partial charge in [0.1, 0.15) is 6.33 Å². The maximum Gasteiger partial charge on any atom is 0.343 e. The SMILES string of the molecule is Cn1cnc(Oc2nc(NN)nc(N3CCCC3)n2)n1. The van der Waals surface area contributed by atoms with Crippen LogP contribution in [0, 0.1) is 0 Å². The molecule has 20 heavy (non-hydrogen) atoms. The van der Waals surface area contributed by atoms with Gasteiger partial charge in [0.25, 0.3) is 0 Å². The number of aryl methyl sites for hydroxylation is 1. The van der Waals surface area contributed by atoms with Crippen LogP contribution in [0.1, 0.15) is 12.8 Å². The summed E-state index contributed by atoms with van der Waals surface area (Å²) in [6.45, 7) is 1.82. The molecular formula is C10H15N9O. The van der Waals surface area contributed by atoms with Crippen LogP contribution in [0.5, 0.6) is 12.0 Å². The molecule has 10 heteroatoms. The van der Waals surface area contributed by atoms with Gasteiger partial charge in [-0.15, -0.1) is 5.10 Å². The second-order valence-corrected chi connectivity index (χ2v) is 4.38. The number of hydrogen-bond acceptors (Lipinski definition) is 9. The monoisotopic (exact) mass is 277 g/mol. The Labute approximate surface area is 115 Å². The van der Waals surface area contributed by atoms with Crippen molar-refractivity contribution in [2.24, 2.45) is 12.9 Å². The van der Waals surface area contributed by atoms with Crippen molar-refractivity contribution in [3.63, 3.8) is 0 Å². The molecule has 0 saturated carbocycles. The zero-order valence-electron chi connectivity index (χ0n) is 11.0. The number of nitrogens with one attached hydrogen (secondary N) is 1. The quantitative estimate of drug-likeness (QED) is 0.572. The van der Waals surface area contributed by atoms with Crippen molar-refractivity contribution in [2.45, 2.75) is 12.8 Å². The molecule has 0 amide bonds. The molecule has 1 saturated heterocycles. The highest BCUT2D eigenvalue weighted by Crippen LogP contribution is 2.21. The molecule has 1 aliphatic heterocycles. The number of rotatable bonds is 4. The van der Waals surface area contributed by atoms with Crippen LogP contribution in [0.3, 0.4) is 0 Å². The zero-order valence-corrected chi connectivity index (χ0v) is 11.0. The molecule has 3 heterocycles. The predicted molar refractivity (Wildman–Crippen MR) is 70.2 cm³/mol. The van der Waals surface area contributed by atoms with Gasteiger partial charge in [-0.1, -0.05) is 0 Å². The van der Waals surface area contributed by atoms with E-state index in [4.69, 9.17) is 10.6 Å². The minimum Gasteiger partial charge on any atom is -0.387 e. The number of nitrogen functional groups attached to an aromatic ring is 1. The van der Waals surface area contributed by atoms with E-state index in [0.29, 0.717) is 5.95 Å². The fourth-order valence-corrected chi connectivity index (χ4v) is 1.96.